The lowest BCUT2D eigenvalue weighted by atomic mass is 10.2. The lowest BCUT2D eigenvalue weighted by Gasteiger charge is -2.11. The molecular formula is C20H24N2O3. The molecule has 0 fully saturated rings. The number of furan rings is 1. The highest BCUT2D eigenvalue weighted by Gasteiger charge is 2.16. The van der Waals surface area contributed by atoms with Crippen LogP contribution < -0.4 is 11.2 Å². The maximum absolute atomic E-state index is 12.9. The second kappa shape index (κ2) is 7.55. The number of aromatic nitrogens is 2. The van der Waals surface area contributed by atoms with Crippen LogP contribution >= 0.6 is 0 Å². The van der Waals surface area contributed by atoms with E-state index < -0.39 is 0 Å². The average molecular weight is 340 g/mol. The minimum atomic E-state index is -0.273. The van der Waals surface area contributed by atoms with Gasteiger partial charge in [0.2, 0.25) is 0 Å². The minimum Gasteiger partial charge on any atom is -0.456 e. The molecule has 0 aliphatic heterocycles. The quantitative estimate of drug-likeness (QED) is 0.652. The fourth-order valence-electron chi connectivity index (χ4n) is 2.94. The van der Waals surface area contributed by atoms with E-state index in [2.05, 4.69) is 6.92 Å². The summed E-state index contributed by atoms with van der Waals surface area (Å²) in [4.78, 5) is 25.5. The molecule has 0 amide bonds. The van der Waals surface area contributed by atoms with Crippen LogP contribution in [-0.2, 0) is 13.1 Å². The Morgan fingerprint density at radius 1 is 1.00 bits per heavy atom. The number of hydrogen-bond donors (Lipinski definition) is 0. The number of rotatable bonds is 7. The summed E-state index contributed by atoms with van der Waals surface area (Å²) in [6, 6.07) is 9.53. The maximum atomic E-state index is 12.9. The summed E-state index contributed by atoms with van der Waals surface area (Å²) in [5, 5.41) is 0.948. The summed E-state index contributed by atoms with van der Waals surface area (Å²) >= 11 is 0. The van der Waals surface area contributed by atoms with Gasteiger partial charge in [-0.05, 0) is 25.0 Å². The van der Waals surface area contributed by atoms with Crippen molar-refractivity contribution in [1.29, 1.82) is 0 Å². The maximum Gasteiger partial charge on any atom is 0.330 e. The normalized spacial score (nSPS) is 11.3. The molecular weight excluding hydrogens is 316 g/mol. The summed E-state index contributed by atoms with van der Waals surface area (Å²) in [6.07, 6.45) is 5.26. The van der Waals surface area contributed by atoms with Crippen molar-refractivity contribution in [3.8, 4) is 11.3 Å². The molecule has 5 nitrogen and oxygen atoms in total. The molecule has 2 heterocycles. The Labute approximate surface area is 146 Å². The molecule has 0 unspecified atom stereocenters. The van der Waals surface area contributed by atoms with Crippen LogP contribution in [0.2, 0.25) is 0 Å². The Kier molecular flexibility index (Phi) is 5.22. The summed E-state index contributed by atoms with van der Waals surface area (Å²) in [7, 11) is 0. The van der Waals surface area contributed by atoms with Gasteiger partial charge in [0.05, 0.1) is 5.56 Å². The largest absolute Gasteiger partial charge is 0.456 e. The summed E-state index contributed by atoms with van der Waals surface area (Å²) in [6.45, 7) is 5.17. The van der Waals surface area contributed by atoms with Crippen LogP contribution in [0.3, 0.4) is 0 Å². The van der Waals surface area contributed by atoms with Crippen LogP contribution in [0.1, 0.15) is 39.5 Å². The zero-order valence-corrected chi connectivity index (χ0v) is 14.8. The smallest absolute Gasteiger partial charge is 0.330 e. The van der Waals surface area contributed by atoms with Gasteiger partial charge in [-0.1, -0.05) is 44.9 Å². The highest BCUT2D eigenvalue weighted by atomic mass is 16.3. The first-order valence-electron chi connectivity index (χ1n) is 8.99. The number of benzene rings is 1. The Hall–Kier alpha value is -2.56. The van der Waals surface area contributed by atoms with Gasteiger partial charge in [0.15, 0.2) is 0 Å². The number of unbranched alkanes of at least 4 members (excludes halogenated alkanes) is 2. The van der Waals surface area contributed by atoms with Crippen molar-refractivity contribution >= 4 is 11.0 Å². The molecule has 1 aromatic carbocycles. The average Bonchev–Trinajstić information content (AvgIpc) is 3.05. The van der Waals surface area contributed by atoms with E-state index in [1.54, 1.807) is 10.8 Å². The van der Waals surface area contributed by atoms with Crippen LogP contribution in [0.25, 0.3) is 22.3 Å². The van der Waals surface area contributed by atoms with Crippen LogP contribution in [0, 0.1) is 0 Å². The van der Waals surface area contributed by atoms with E-state index in [9.17, 15) is 9.59 Å². The predicted molar refractivity (Wildman–Crippen MR) is 100.0 cm³/mol. The van der Waals surface area contributed by atoms with Crippen molar-refractivity contribution in [1.82, 2.24) is 9.13 Å². The third-order valence-corrected chi connectivity index (χ3v) is 4.42. The molecule has 0 spiro atoms. The van der Waals surface area contributed by atoms with Crippen molar-refractivity contribution in [3.63, 3.8) is 0 Å². The Morgan fingerprint density at radius 3 is 2.44 bits per heavy atom. The molecule has 0 aliphatic rings. The van der Waals surface area contributed by atoms with Gasteiger partial charge in [-0.25, -0.2) is 4.79 Å². The first-order chi connectivity index (χ1) is 12.2. The Balaban J connectivity index is 2.16. The van der Waals surface area contributed by atoms with E-state index in [4.69, 9.17) is 4.42 Å². The van der Waals surface area contributed by atoms with Gasteiger partial charge < -0.3 is 4.42 Å². The molecule has 5 heteroatoms. The van der Waals surface area contributed by atoms with E-state index in [-0.39, 0.29) is 11.2 Å². The van der Waals surface area contributed by atoms with Gasteiger partial charge in [0.25, 0.3) is 5.56 Å². The first kappa shape index (κ1) is 17.3. The third kappa shape index (κ3) is 3.45. The van der Waals surface area contributed by atoms with E-state index in [0.29, 0.717) is 24.4 Å². The van der Waals surface area contributed by atoms with E-state index in [1.165, 1.54) is 4.57 Å². The third-order valence-electron chi connectivity index (χ3n) is 4.42. The molecule has 2 aromatic heterocycles. The standard InChI is InChI=1S/C20H24N2O3/c1-3-5-11-21-14-16(19(23)22(20(21)24)12-6-4-2)18-13-15-9-7-8-10-17(15)25-18/h7-10,13-14H,3-6,11-12H2,1-2H3. The van der Waals surface area contributed by atoms with Crippen LogP contribution in [0.5, 0.6) is 0 Å². The Morgan fingerprint density at radius 2 is 1.72 bits per heavy atom. The van der Waals surface area contributed by atoms with Gasteiger partial charge in [0.1, 0.15) is 11.3 Å². The summed E-state index contributed by atoms with van der Waals surface area (Å²) in [5.74, 6) is 0.515. The van der Waals surface area contributed by atoms with E-state index in [1.807, 2.05) is 37.3 Å². The van der Waals surface area contributed by atoms with E-state index >= 15 is 0 Å². The fourth-order valence-corrected chi connectivity index (χ4v) is 2.94. The molecule has 0 saturated carbocycles. The first-order valence-corrected chi connectivity index (χ1v) is 8.99. The second-order valence-corrected chi connectivity index (χ2v) is 6.33. The van der Waals surface area contributed by atoms with Crippen LogP contribution in [-0.4, -0.2) is 9.13 Å². The molecule has 0 N–H and O–H groups in total. The van der Waals surface area contributed by atoms with E-state index in [0.717, 1.165) is 36.7 Å². The van der Waals surface area contributed by atoms with Crippen molar-refractivity contribution in [3.05, 3.63) is 57.4 Å². The number of para-hydroxylation sites is 1. The number of aryl methyl sites for hydroxylation is 1. The zero-order chi connectivity index (χ0) is 17.8. The van der Waals surface area contributed by atoms with Gasteiger partial charge in [-0.15, -0.1) is 0 Å². The molecule has 0 atom stereocenters. The molecule has 3 aromatic rings. The van der Waals surface area contributed by atoms with Crippen LogP contribution in [0.4, 0.5) is 0 Å². The number of nitrogens with zero attached hydrogens (tertiary/aromatic N) is 2. The monoisotopic (exact) mass is 340 g/mol. The fraction of sp³-hybridized carbons (Fsp3) is 0.400. The van der Waals surface area contributed by atoms with Gasteiger partial charge in [0, 0.05) is 24.7 Å². The van der Waals surface area contributed by atoms with Crippen molar-refractivity contribution in [2.75, 3.05) is 0 Å². The molecule has 0 radical (unpaired) electrons. The topological polar surface area (TPSA) is 57.1 Å². The second-order valence-electron chi connectivity index (χ2n) is 6.33. The van der Waals surface area contributed by atoms with Crippen molar-refractivity contribution < 1.29 is 4.42 Å². The van der Waals surface area contributed by atoms with Gasteiger partial charge in [-0.2, -0.15) is 0 Å². The molecule has 3 rings (SSSR count). The van der Waals surface area contributed by atoms with Crippen LogP contribution in [0.15, 0.2) is 50.5 Å². The van der Waals surface area contributed by atoms with Gasteiger partial charge in [-0.3, -0.25) is 13.9 Å². The lowest BCUT2D eigenvalue weighted by Crippen LogP contribution is -2.40. The van der Waals surface area contributed by atoms with Crippen molar-refractivity contribution in [2.45, 2.75) is 52.6 Å². The Bertz CT molecular complexity index is 946. The SMILES string of the molecule is CCCCn1cc(-c2cc3ccccc3o2)c(=O)n(CCCC)c1=O. The molecule has 0 aliphatic carbocycles. The zero-order valence-electron chi connectivity index (χ0n) is 14.8. The molecule has 25 heavy (non-hydrogen) atoms. The predicted octanol–water partition coefficient (Wildman–Crippen LogP) is 4.02. The lowest BCUT2D eigenvalue weighted by molar-refractivity contribution is 0.515. The highest BCUT2D eigenvalue weighted by Crippen LogP contribution is 2.25. The summed E-state index contributed by atoms with van der Waals surface area (Å²) in [5.41, 5.74) is 0.684. The minimum absolute atomic E-state index is 0.230. The molecule has 0 saturated heterocycles. The number of hydrogen-bond acceptors (Lipinski definition) is 3. The van der Waals surface area contributed by atoms with Crippen molar-refractivity contribution in [2.24, 2.45) is 0 Å². The highest BCUT2D eigenvalue weighted by molar-refractivity contribution is 5.82. The van der Waals surface area contributed by atoms with Gasteiger partial charge >= 0.3 is 5.69 Å². The molecule has 132 valence electrons. The number of fused-ring (bicyclic) bond motifs is 1. The molecule has 0 bridgehead atoms. The summed E-state index contributed by atoms with van der Waals surface area (Å²) < 4.78 is 8.86.